The van der Waals surface area contributed by atoms with Crippen LogP contribution in [-0.2, 0) is 11.3 Å². The Kier molecular flexibility index (Phi) is 6.83. The van der Waals surface area contributed by atoms with Crippen molar-refractivity contribution in [3.63, 3.8) is 0 Å². The number of hydrogen-bond donors (Lipinski definition) is 0. The van der Waals surface area contributed by atoms with Crippen LogP contribution >= 0.6 is 0 Å². The fourth-order valence-corrected chi connectivity index (χ4v) is 7.49. The minimum absolute atomic E-state index is 0.0154. The van der Waals surface area contributed by atoms with Gasteiger partial charge in [0.05, 0.1) is 36.0 Å². The molecule has 2 bridgehead atoms. The summed E-state index contributed by atoms with van der Waals surface area (Å²) in [5.74, 6) is 0.0770. The Hall–Kier alpha value is -5.20. The lowest BCUT2D eigenvalue weighted by atomic mass is 9.83. The molecule has 0 N–H and O–H groups in total. The number of hydrogen-bond acceptors (Lipinski definition) is 8. The summed E-state index contributed by atoms with van der Waals surface area (Å²) < 4.78 is 12.5. The quantitative estimate of drug-likeness (QED) is 0.292. The van der Waals surface area contributed by atoms with Crippen molar-refractivity contribution in [2.24, 2.45) is 5.92 Å². The number of amides is 3. The van der Waals surface area contributed by atoms with Crippen molar-refractivity contribution in [3.8, 4) is 11.5 Å². The number of para-hydroxylation sites is 1. The zero-order chi connectivity index (χ0) is 31.6. The molecule has 13 heteroatoms. The van der Waals surface area contributed by atoms with Crippen LogP contribution in [0.2, 0.25) is 0 Å². The van der Waals surface area contributed by atoms with Crippen LogP contribution in [0.1, 0.15) is 63.3 Å². The highest BCUT2D eigenvalue weighted by molar-refractivity contribution is 6.18. The minimum Gasteiger partial charge on any atom is -0.493 e. The Morgan fingerprint density at radius 3 is 2.53 bits per heavy atom. The van der Waals surface area contributed by atoms with E-state index in [2.05, 4.69) is 0 Å². The van der Waals surface area contributed by atoms with Gasteiger partial charge < -0.3 is 23.8 Å². The van der Waals surface area contributed by atoms with E-state index < -0.39 is 22.3 Å². The predicted molar refractivity (Wildman–Crippen MR) is 161 cm³/mol. The molecule has 5 heterocycles. The maximum absolute atomic E-state index is 13.9. The van der Waals surface area contributed by atoms with Crippen LogP contribution in [0, 0.1) is 16.0 Å². The standard InChI is InChI=1S/C32H31N5O8/c1-44-25-12-9-21-27(28(25)45-2)32(41)36-23-7-4-3-6-20(23)30(39)34(29(21)36)13-5-8-26(38)33-15-18-14-19(17-33)22-10-11-24(37(42)43)31(40)35(22)16-18/h3-4,6-7,9-12,18-19,29H,5,8,13-17H2,1-2H3. The Bertz CT molecular complexity index is 1840. The summed E-state index contributed by atoms with van der Waals surface area (Å²) in [7, 11) is 2.97. The zero-order valence-electron chi connectivity index (χ0n) is 24.8. The Balaban J connectivity index is 1.11. The SMILES string of the molecule is COc1ccc2c(c1OC)C(=O)N1c3ccccc3C(=O)N(CCCC(=O)N3CC4CC(C3)c3ccc([N+](=O)[O-])c(=O)n3C4)C21. The Morgan fingerprint density at radius 1 is 0.978 bits per heavy atom. The lowest BCUT2D eigenvalue weighted by Gasteiger charge is -2.43. The third-order valence-electron chi connectivity index (χ3n) is 9.41. The molecule has 45 heavy (non-hydrogen) atoms. The van der Waals surface area contributed by atoms with Crippen molar-refractivity contribution in [2.75, 3.05) is 38.8 Å². The van der Waals surface area contributed by atoms with Crippen LogP contribution in [0.25, 0.3) is 0 Å². The van der Waals surface area contributed by atoms with Gasteiger partial charge >= 0.3 is 11.2 Å². The average molecular weight is 614 g/mol. The predicted octanol–water partition coefficient (Wildman–Crippen LogP) is 3.31. The van der Waals surface area contributed by atoms with E-state index in [0.29, 0.717) is 65.6 Å². The first-order chi connectivity index (χ1) is 21.7. The summed E-state index contributed by atoms with van der Waals surface area (Å²) in [6.07, 6.45) is 0.680. The molecule has 2 aromatic carbocycles. The van der Waals surface area contributed by atoms with Gasteiger partial charge in [-0.1, -0.05) is 18.2 Å². The van der Waals surface area contributed by atoms with E-state index in [1.165, 1.54) is 24.9 Å². The Morgan fingerprint density at radius 2 is 1.78 bits per heavy atom. The number of aromatic nitrogens is 1. The molecule has 3 atom stereocenters. The molecule has 1 aromatic heterocycles. The van der Waals surface area contributed by atoms with Gasteiger partial charge in [0.1, 0.15) is 6.17 Å². The zero-order valence-corrected chi connectivity index (χ0v) is 24.8. The van der Waals surface area contributed by atoms with Crippen LogP contribution < -0.4 is 19.9 Å². The molecule has 4 aliphatic heterocycles. The monoisotopic (exact) mass is 613 g/mol. The first-order valence-corrected chi connectivity index (χ1v) is 14.9. The summed E-state index contributed by atoms with van der Waals surface area (Å²) in [4.78, 5) is 69.6. The molecular formula is C32H31N5O8. The molecule has 13 nitrogen and oxygen atoms in total. The lowest BCUT2D eigenvalue weighted by molar-refractivity contribution is -0.386. The third kappa shape index (κ3) is 4.36. The van der Waals surface area contributed by atoms with Gasteiger partial charge in [-0.15, -0.1) is 0 Å². The summed E-state index contributed by atoms with van der Waals surface area (Å²) in [6.45, 7) is 1.45. The van der Waals surface area contributed by atoms with Crippen molar-refractivity contribution in [1.82, 2.24) is 14.4 Å². The molecule has 0 radical (unpaired) electrons. The highest BCUT2D eigenvalue weighted by Gasteiger charge is 2.49. The van der Waals surface area contributed by atoms with Crippen molar-refractivity contribution in [2.45, 2.75) is 37.9 Å². The normalized spacial score (nSPS) is 21.1. The first kappa shape index (κ1) is 28.6. The van der Waals surface area contributed by atoms with E-state index >= 15 is 0 Å². The number of pyridine rings is 1. The smallest absolute Gasteiger partial charge is 0.334 e. The van der Waals surface area contributed by atoms with Gasteiger partial charge in [-0.2, -0.15) is 0 Å². The highest BCUT2D eigenvalue weighted by atomic mass is 16.6. The van der Waals surface area contributed by atoms with Crippen molar-refractivity contribution in [1.29, 1.82) is 0 Å². The molecule has 3 aromatic rings. The van der Waals surface area contributed by atoms with Gasteiger partial charge in [0.15, 0.2) is 11.5 Å². The van der Waals surface area contributed by atoms with Gasteiger partial charge in [-0.3, -0.25) is 34.2 Å². The molecule has 1 fully saturated rings. The fourth-order valence-electron chi connectivity index (χ4n) is 7.49. The molecule has 3 amide bonds. The van der Waals surface area contributed by atoms with Crippen LogP contribution in [0.5, 0.6) is 11.5 Å². The number of nitro groups is 1. The number of likely N-dealkylation sites (tertiary alicyclic amines) is 1. The molecule has 0 aliphatic carbocycles. The third-order valence-corrected chi connectivity index (χ3v) is 9.41. The van der Waals surface area contributed by atoms with Gasteiger partial charge in [-0.25, -0.2) is 0 Å². The second-order valence-corrected chi connectivity index (χ2v) is 11.8. The molecule has 7 rings (SSSR count). The van der Waals surface area contributed by atoms with Gasteiger partial charge in [0.2, 0.25) is 5.91 Å². The van der Waals surface area contributed by atoms with Gasteiger partial charge in [0, 0.05) is 55.8 Å². The summed E-state index contributed by atoms with van der Waals surface area (Å²) in [5, 5.41) is 11.3. The number of rotatable bonds is 7. The largest absolute Gasteiger partial charge is 0.493 e. The number of benzene rings is 2. The van der Waals surface area contributed by atoms with Crippen LogP contribution in [0.3, 0.4) is 0 Å². The second-order valence-electron chi connectivity index (χ2n) is 11.8. The molecule has 0 spiro atoms. The summed E-state index contributed by atoms with van der Waals surface area (Å²) in [5.41, 5.74) is 1.58. The molecular weight excluding hydrogens is 582 g/mol. The molecule has 0 saturated carbocycles. The Labute approximate surface area is 257 Å². The number of piperidine rings is 1. The highest BCUT2D eigenvalue weighted by Crippen LogP contribution is 2.49. The maximum atomic E-state index is 13.9. The number of methoxy groups -OCH3 is 2. The van der Waals surface area contributed by atoms with Crippen molar-refractivity contribution in [3.05, 3.63) is 91.4 Å². The number of fused-ring (bicyclic) bond motifs is 9. The molecule has 1 saturated heterocycles. The summed E-state index contributed by atoms with van der Waals surface area (Å²) >= 11 is 0. The van der Waals surface area contributed by atoms with Crippen LogP contribution in [0.4, 0.5) is 11.4 Å². The summed E-state index contributed by atoms with van der Waals surface area (Å²) in [6, 6.07) is 13.4. The van der Waals surface area contributed by atoms with Crippen molar-refractivity contribution < 1.29 is 28.8 Å². The number of carbonyl (C=O) groups excluding carboxylic acids is 3. The van der Waals surface area contributed by atoms with Crippen molar-refractivity contribution >= 4 is 29.1 Å². The van der Waals surface area contributed by atoms with Gasteiger partial charge in [-0.05, 0) is 43.0 Å². The number of nitrogens with zero attached hydrogens (tertiary/aromatic N) is 5. The van der Waals surface area contributed by atoms with E-state index in [4.69, 9.17) is 9.47 Å². The molecule has 4 aliphatic rings. The average Bonchev–Trinajstić information content (AvgIpc) is 3.34. The van der Waals surface area contributed by atoms with E-state index in [0.717, 1.165) is 6.42 Å². The van der Waals surface area contributed by atoms with E-state index in [1.54, 1.807) is 57.2 Å². The minimum atomic E-state index is -0.696. The lowest BCUT2D eigenvalue weighted by Crippen LogP contribution is -2.50. The van der Waals surface area contributed by atoms with E-state index in [-0.39, 0.29) is 42.5 Å². The number of carbonyl (C=O) groups is 3. The van der Waals surface area contributed by atoms with Gasteiger partial charge in [0.25, 0.3) is 11.8 Å². The fraction of sp³-hybridized carbons (Fsp3) is 0.375. The maximum Gasteiger partial charge on any atom is 0.334 e. The van der Waals surface area contributed by atoms with Crippen LogP contribution in [-0.4, -0.2) is 70.9 Å². The number of anilines is 1. The topological polar surface area (TPSA) is 145 Å². The number of ether oxygens (including phenoxy) is 2. The van der Waals surface area contributed by atoms with E-state index in [9.17, 15) is 29.3 Å². The first-order valence-electron chi connectivity index (χ1n) is 14.9. The molecule has 232 valence electrons. The van der Waals surface area contributed by atoms with Crippen LogP contribution in [0.15, 0.2) is 53.3 Å². The molecule has 3 unspecified atom stereocenters. The van der Waals surface area contributed by atoms with E-state index in [1.807, 2.05) is 0 Å². The second kappa shape index (κ2) is 10.8.